The normalized spacial score (nSPS) is 17.8. The van der Waals surface area contributed by atoms with Gasteiger partial charge in [0, 0.05) is 29.2 Å². The molecule has 5 rings (SSSR count). The summed E-state index contributed by atoms with van der Waals surface area (Å²) >= 11 is 5.94. The van der Waals surface area contributed by atoms with E-state index in [-0.39, 0.29) is 11.9 Å². The number of aliphatic imine (C=N–C) groups is 1. The van der Waals surface area contributed by atoms with Crippen molar-refractivity contribution in [3.05, 3.63) is 112 Å². The van der Waals surface area contributed by atoms with Crippen LogP contribution in [0.15, 0.2) is 89.4 Å². The van der Waals surface area contributed by atoms with Crippen molar-refractivity contribution in [2.75, 3.05) is 19.7 Å². The summed E-state index contributed by atoms with van der Waals surface area (Å²) in [6.45, 7) is 2.10. The lowest BCUT2D eigenvalue weighted by Gasteiger charge is -2.28. The molecule has 0 aromatic heterocycles. The van der Waals surface area contributed by atoms with Gasteiger partial charge in [0.25, 0.3) is 5.91 Å². The minimum Gasteiger partial charge on any atom is -0.475 e. The third-order valence-corrected chi connectivity index (χ3v) is 6.59. The van der Waals surface area contributed by atoms with Crippen LogP contribution in [0, 0.1) is 0 Å². The number of likely N-dealkylation sites (tertiary alicyclic amines) is 1. The Morgan fingerprint density at radius 1 is 0.971 bits per heavy atom. The molecule has 1 saturated heterocycles. The molecule has 2 aliphatic rings. The van der Waals surface area contributed by atoms with Crippen molar-refractivity contribution in [2.24, 2.45) is 4.99 Å². The van der Waals surface area contributed by atoms with Crippen molar-refractivity contribution >= 4 is 29.5 Å². The number of amides is 1. The Balaban J connectivity index is 1.17. The quantitative estimate of drug-likeness (QED) is 0.455. The summed E-state index contributed by atoms with van der Waals surface area (Å²) in [5.41, 5.74) is 5.52. The minimum atomic E-state index is 0.0722. The average molecular weight is 471 g/mol. The fourth-order valence-electron chi connectivity index (χ4n) is 4.44. The third-order valence-electron chi connectivity index (χ3n) is 6.34. The number of nitrogens with zero attached hydrogens (tertiary/aromatic N) is 2. The molecule has 0 N–H and O–H groups in total. The number of halogens is 1. The fourth-order valence-corrected chi connectivity index (χ4v) is 4.56. The number of carbonyl (C=O) groups excluding carboxylic acids is 1. The maximum atomic E-state index is 12.7. The summed E-state index contributed by atoms with van der Waals surface area (Å²) in [4.78, 5) is 19.4. The zero-order valence-corrected chi connectivity index (χ0v) is 19.7. The molecular formula is C29H27ClN2O2. The Kier molecular flexibility index (Phi) is 6.77. The summed E-state index contributed by atoms with van der Waals surface area (Å²) in [5, 5.41) is 0.644. The molecule has 1 atom stereocenters. The lowest BCUT2D eigenvalue weighted by molar-refractivity contribution is 0.0744. The molecule has 3 aromatic carbocycles. The van der Waals surface area contributed by atoms with Crippen molar-refractivity contribution in [3.8, 4) is 0 Å². The van der Waals surface area contributed by atoms with E-state index in [1.807, 2.05) is 11.0 Å². The number of carbonyl (C=O) groups is 1. The maximum Gasteiger partial charge on any atom is 0.253 e. The molecule has 0 saturated carbocycles. The summed E-state index contributed by atoms with van der Waals surface area (Å²) in [7, 11) is 0. The molecule has 0 radical (unpaired) electrons. The molecule has 34 heavy (non-hydrogen) atoms. The van der Waals surface area contributed by atoms with E-state index in [0.29, 0.717) is 17.2 Å². The van der Waals surface area contributed by atoms with Crippen LogP contribution in [0.4, 0.5) is 0 Å². The molecule has 2 heterocycles. The molecule has 0 unspecified atom stereocenters. The second-order valence-electron chi connectivity index (χ2n) is 8.81. The lowest BCUT2D eigenvalue weighted by Crippen LogP contribution is -2.36. The molecular weight excluding hydrogens is 444 g/mol. The van der Waals surface area contributed by atoms with Crippen LogP contribution in [-0.4, -0.2) is 42.4 Å². The van der Waals surface area contributed by atoms with E-state index < -0.39 is 0 Å². The van der Waals surface area contributed by atoms with Gasteiger partial charge in [0.05, 0.1) is 6.04 Å². The summed E-state index contributed by atoms with van der Waals surface area (Å²) in [6, 6.07) is 26.1. The molecule has 1 amide bonds. The number of piperidine rings is 1. The van der Waals surface area contributed by atoms with E-state index >= 15 is 0 Å². The second kappa shape index (κ2) is 10.3. The van der Waals surface area contributed by atoms with Crippen LogP contribution in [0.2, 0.25) is 5.02 Å². The SMILES string of the molecule is O=C(c1ccc(Cl)cc1)N1CCC(=Cc2ccc(C3=N[C@H](Cc4ccccc4)CO3)cc2)CC1. The van der Waals surface area contributed by atoms with Crippen LogP contribution in [0.3, 0.4) is 0 Å². The van der Waals surface area contributed by atoms with Gasteiger partial charge in [-0.1, -0.05) is 65.7 Å². The summed E-state index contributed by atoms with van der Waals surface area (Å²) in [6.07, 6.45) is 4.91. The molecule has 5 heteroatoms. The zero-order chi connectivity index (χ0) is 23.3. The van der Waals surface area contributed by atoms with Gasteiger partial charge in [-0.25, -0.2) is 4.99 Å². The maximum absolute atomic E-state index is 12.7. The summed E-state index contributed by atoms with van der Waals surface area (Å²) in [5.74, 6) is 0.803. The highest BCUT2D eigenvalue weighted by Crippen LogP contribution is 2.23. The molecule has 172 valence electrons. The van der Waals surface area contributed by atoms with Crippen LogP contribution >= 0.6 is 11.6 Å². The van der Waals surface area contributed by atoms with Gasteiger partial charge in [-0.15, -0.1) is 0 Å². The number of benzene rings is 3. The Hall–Kier alpha value is -3.37. The van der Waals surface area contributed by atoms with E-state index in [0.717, 1.165) is 49.4 Å². The smallest absolute Gasteiger partial charge is 0.253 e. The third kappa shape index (κ3) is 5.40. The van der Waals surface area contributed by atoms with E-state index in [9.17, 15) is 4.79 Å². The van der Waals surface area contributed by atoms with Crippen molar-refractivity contribution in [1.29, 1.82) is 0 Å². The number of hydrogen-bond acceptors (Lipinski definition) is 3. The van der Waals surface area contributed by atoms with Gasteiger partial charge in [-0.05, 0) is 66.8 Å². The molecule has 0 spiro atoms. The van der Waals surface area contributed by atoms with Gasteiger partial charge >= 0.3 is 0 Å². The molecule has 1 fully saturated rings. The van der Waals surface area contributed by atoms with Crippen LogP contribution in [0.1, 0.15) is 39.9 Å². The highest BCUT2D eigenvalue weighted by atomic mass is 35.5. The van der Waals surface area contributed by atoms with Crippen LogP contribution in [0.5, 0.6) is 0 Å². The van der Waals surface area contributed by atoms with E-state index in [1.165, 1.54) is 11.1 Å². The highest BCUT2D eigenvalue weighted by Gasteiger charge is 2.21. The van der Waals surface area contributed by atoms with E-state index in [2.05, 4.69) is 54.6 Å². The van der Waals surface area contributed by atoms with Gasteiger partial charge in [-0.3, -0.25) is 4.79 Å². The number of ether oxygens (including phenoxy) is 1. The van der Waals surface area contributed by atoms with E-state index in [1.54, 1.807) is 24.3 Å². The Morgan fingerprint density at radius 3 is 2.38 bits per heavy atom. The Bertz CT molecular complexity index is 1190. The summed E-state index contributed by atoms with van der Waals surface area (Å²) < 4.78 is 5.88. The van der Waals surface area contributed by atoms with Crippen LogP contribution in [-0.2, 0) is 11.2 Å². The van der Waals surface area contributed by atoms with Crippen molar-refractivity contribution in [2.45, 2.75) is 25.3 Å². The Labute approximate surface area is 205 Å². The first kappa shape index (κ1) is 22.4. The Morgan fingerprint density at radius 2 is 1.68 bits per heavy atom. The zero-order valence-electron chi connectivity index (χ0n) is 19.0. The lowest BCUT2D eigenvalue weighted by atomic mass is 9.99. The van der Waals surface area contributed by atoms with Gasteiger partial charge in [-0.2, -0.15) is 0 Å². The van der Waals surface area contributed by atoms with Gasteiger partial charge < -0.3 is 9.64 Å². The predicted molar refractivity (Wildman–Crippen MR) is 137 cm³/mol. The molecule has 0 aliphatic carbocycles. The fraction of sp³-hybridized carbons (Fsp3) is 0.241. The predicted octanol–water partition coefficient (Wildman–Crippen LogP) is 6.05. The molecule has 3 aromatic rings. The van der Waals surface area contributed by atoms with Gasteiger partial charge in [0.15, 0.2) is 0 Å². The van der Waals surface area contributed by atoms with E-state index in [4.69, 9.17) is 21.3 Å². The van der Waals surface area contributed by atoms with Crippen molar-refractivity contribution in [1.82, 2.24) is 4.90 Å². The van der Waals surface area contributed by atoms with Gasteiger partial charge in [0.2, 0.25) is 5.90 Å². The number of hydrogen-bond donors (Lipinski definition) is 0. The largest absolute Gasteiger partial charge is 0.475 e. The van der Waals surface area contributed by atoms with Crippen molar-refractivity contribution < 1.29 is 9.53 Å². The topological polar surface area (TPSA) is 41.9 Å². The standard InChI is InChI=1S/C29H27ClN2O2/c30-26-12-10-25(11-13-26)29(33)32-16-14-23(15-17-32)18-22-6-8-24(9-7-22)28-31-27(20-34-28)19-21-4-2-1-3-5-21/h1-13,18,27H,14-17,19-20H2/t27-/m1/s1. The monoisotopic (exact) mass is 470 g/mol. The highest BCUT2D eigenvalue weighted by molar-refractivity contribution is 6.30. The first-order valence-corrected chi connectivity index (χ1v) is 12.1. The molecule has 0 bridgehead atoms. The first-order valence-electron chi connectivity index (χ1n) is 11.7. The minimum absolute atomic E-state index is 0.0722. The molecule has 2 aliphatic heterocycles. The molecule has 4 nitrogen and oxygen atoms in total. The average Bonchev–Trinajstić information content (AvgIpc) is 3.34. The van der Waals surface area contributed by atoms with Crippen LogP contribution < -0.4 is 0 Å². The van der Waals surface area contributed by atoms with Crippen LogP contribution in [0.25, 0.3) is 6.08 Å². The van der Waals surface area contributed by atoms with Crippen molar-refractivity contribution in [3.63, 3.8) is 0 Å². The van der Waals surface area contributed by atoms with Gasteiger partial charge in [0.1, 0.15) is 6.61 Å². The first-order chi connectivity index (χ1) is 16.6. The second-order valence-corrected chi connectivity index (χ2v) is 9.25. The number of rotatable bonds is 5.